The summed E-state index contributed by atoms with van der Waals surface area (Å²) in [6, 6.07) is 7.80. The first kappa shape index (κ1) is 22.5. The number of unbranched alkanes of at least 4 members (excludes halogenated alkanes) is 2. The largest absolute Gasteiger partial charge is 0.493 e. The Balaban J connectivity index is 1.35. The van der Waals surface area contributed by atoms with Crippen LogP contribution in [0.25, 0.3) is 10.2 Å². The average molecular weight is 484 g/mol. The molecule has 0 bridgehead atoms. The third-order valence-electron chi connectivity index (χ3n) is 6.40. The van der Waals surface area contributed by atoms with Gasteiger partial charge in [-0.1, -0.05) is 49.7 Å². The molecule has 6 nitrogen and oxygen atoms in total. The van der Waals surface area contributed by atoms with Gasteiger partial charge in [0.25, 0.3) is 5.56 Å². The van der Waals surface area contributed by atoms with Crippen LogP contribution >= 0.6 is 23.1 Å². The molecule has 174 valence electrons. The third-order valence-corrected chi connectivity index (χ3v) is 8.56. The molecule has 1 unspecified atom stereocenters. The number of carbonyl (C=O) groups is 1. The quantitative estimate of drug-likeness (QED) is 0.281. The Morgan fingerprint density at radius 3 is 3.06 bits per heavy atom. The van der Waals surface area contributed by atoms with Gasteiger partial charge in [-0.2, -0.15) is 0 Å². The number of thioether (sulfide) groups is 1. The van der Waals surface area contributed by atoms with E-state index in [0.717, 1.165) is 66.5 Å². The molecule has 0 radical (unpaired) electrons. The van der Waals surface area contributed by atoms with E-state index in [1.165, 1.54) is 22.2 Å². The number of nitrogens with one attached hydrogen (secondary N) is 1. The number of aryl methyl sites for hydroxylation is 2. The number of hydrogen-bond acceptors (Lipinski definition) is 6. The molecule has 1 aliphatic heterocycles. The number of aromatic nitrogens is 2. The van der Waals surface area contributed by atoms with Gasteiger partial charge in [-0.05, 0) is 37.3 Å². The van der Waals surface area contributed by atoms with E-state index in [1.807, 2.05) is 28.8 Å². The highest BCUT2D eigenvalue weighted by molar-refractivity contribution is 7.99. The van der Waals surface area contributed by atoms with Gasteiger partial charge >= 0.3 is 0 Å². The molecule has 1 aliphatic carbocycles. The molecule has 0 spiro atoms. The average Bonchev–Trinajstić information content (AvgIpc) is 3.41. The fourth-order valence-electron chi connectivity index (χ4n) is 4.74. The van der Waals surface area contributed by atoms with E-state index in [2.05, 4.69) is 12.2 Å². The Morgan fingerprint density at radius 1 is 1.30 bits per heavy atom. The van der Waals surface area contributed by atoms with Gasteiger partial charge in [0.2, 0.25) is 5.91 Å². The molecule has 5 rings (SSSR count). The summed E-state index contributed by atoms with van der Waals surface area (Å²) in [7, 11) is 0. The fourth-order valence-corrected chi connectivity index (χ4v) is 6.88. The molecular formula is C25H29N3O3S2. The van der Waals surface area contributed by atoms with Crippen LogP contribution in [0.3, 0.4) is 0 Å². The molecule has 2 aliphatic rings. The molecule has 8 heteroatoms. The molecule has 2 aromatic heterocycles. The number of thiophene rings is 1. The van der Waals surface area contributed by atoms with Crippen LogP contribution in [-0.2, 0) is 24.2 Å². The molecule has 1 amide bonds. The van der Waals surface area contributed by atoms with Crippen LogP contribution in [0, 0.1) is 0 Å². The van der Waals surface area contributed by atoms with Crippen LogP contribution < -0.4 is 15.6 Å². The Hall–Kier alpha value is -2.32. The van der Waals surface area contributed by atoms with Crippen molar-refractivity contribution >= 4 is 39.2 Å². The predicted molar refractivity (Wildman–Crippen MR) is 134 cm³/mol. The van der Waals surface area contributed by atoms with Gasteiger partial charge in [0.15, 0.2) is 5.16 Å². The lowest BCUT2D eigenvalue weighted by molar-refractivity contribution is -0.119. The zero-order chi connectivity index (χ0) is 22.8. The van der Waals surface area contributed by atoms with Crippen molar-refractivity contribution in [2.75, 3.05) is 12.4 Å². The second-order valence-corrected chi connectivity index (χ2v) is 10.7. The van der Waals surface area contributed by atoms with E-state index in [1.54, 1.807) is 11.3 Å². The predicted octanol–water partition coefficient (Wildman–Crippen LogP) is 4.87. The highest BCUT2D eigenvalue weighted by atomic mass is 32.2. The highest BCUT2D eigenvalue weighted by Crippen LogP contribution is 2.36. The van der Waals surface area contributed by atoms with E-state index >= 15 is 0 Å². The lowest BCUT2D eigenvalue weighted by Gasteiger charge is -2.26. The maximum absolute atomic E-state index is 13.5. The van der Waals surface area contributed by atoms with Crippen molar-refractivity contribution < 1.29 is 9.53 Å². The van der Waals surface area contributed by atoms with Gasteiger partial charge in [-0.25, -0.2) is 4.98 Å². The standard InChI is InChI=1S/C25H29N3O3S2/c1-2-3-6-13-28-24(30)22-17-9-7-11-20(17)33-23(22)27-25(28)32-15-21(29)26-18-12-14-31-19-10-5-4-8-16(18)19/h4-5,8,10,18H,2-3,6-7,9,11-15H2,1H3,(H,26,29). The van der Waals surface area contributed by atoms with E-state index in [4.69, 9.17) is 9.72 Å². The first-order valence-electron chi connectivity index (χ1n) is 11.8. The summed E-state index contributed by atoms with van der Waals surface area (Å²) in [5.74, 6) is 1.02. The molecule has 0 saturated carbocycles. The Labute approximate surface area is 201 Å². The van der Waals surface area contributed by atoms with Gasteiger partial charge in [-0.15, -0.1) is 11.3 Å². The number of ether oxygens (including phenoxy) is 1. The first-order valence-corrected chi connectivity index (χ1v) is 13.6. The molecule has 3 aromatic rings. The molecule has 0 fully saturated rings. The highest BCUT2D eigenvalue weighted by Gasteiger charge is 2.25. The van der Waals surface area contributed by atoms with Gasteiger partial charge in [-0.3, -0.25) is 14.2 Å². The lowest BCUT2D eigenvalue weighted by Crippen LogP contribution is -2.33. The summed E-state index contributed by atoms with van der Waals surface area (Å²) in [6.45, 7) is 3.40. The Kier molecular flexibility index (Phi) is 6.74. The lowest BCUT2D eigenvalue weighted by atomic mass is 10.0. The number of fused-ring (bicyclic) bond motifs is 4. The fraction of sp³-hybridized carbons (Fsp3) is 0.480. The van der Waals surface area contributed by atoms with Crippen molar-refractivity contribution in [1.29, 1.82) is 0 Å². The minimum atomic E-state index is -0.0511. The van der Waals surface area contributed by atoms with Crippen molar-refractivity contribution in [2.24, 2.45) is 0 Å². The first-order chi connectivity index (χ1) is 16.2. The third kappa shape index (κ3) is 4.55. The topological polar surface area (TPSA) is 73.2 Å². The minimum absolute atomic E-state index is 0.0505. The van der Waals surface area contributed by atoms with Gasteiger partial charge in [0.05, 0.1) is 23.8 Å². The van der Waals surface area contributed by atoms with Gasteiger partial charge < -0.3 is 10.1 Å². The van der Waals surface area contributed by atoms with Crippen LogP contribution in [0.2, 0.25) is 0 Å². The van der Waals surface area contributed by atoms with E-state index in [9.17, 15) is 9.59 Å². The number of hydrogen-bond donors (Lipinski definition) is 1. The van der Waals surface area contributed by atoms with Crippen molar-refractivity contribution in [1.82, 2.24) is 14.9 Å². The maximum Gasteiger partial charge on any atom is 0.263 e. The number of benzene rings is 1. The summed E-state index contributed by atoms with van der Waals surface area (Å²) in [4.78, 5) is 33.3. The normalized spacial score (nSPS) is 16.9. The second-order valence-electron chi connectivity index (χ2n) is 8.68. The summed E-state index contributed by atoms with van der Waals surface area (Å²) in [5, 5.41) is 4.62. The Morgan fingerprint density at radius 2 is 2.18 bits per heavy atom. The number of rotatable bonds is 8. The monoisotopic (exact) mass is 483 g/mol. The summed E-state index contributed by atoms with van der Waals surface area (Å²) >= 11 is 3.02. The Bertz CT molecular complexity index is 1230. The second kappa shape index (κ2) is 9.89. The van der Waals surface area contributed by atoms with E-state index in [0.29, 0.717) is 18.3 Å². The molecule has 3 heterocycles. The maximum atomic E-state index is 13.5. The van der Waals surface area contributed by atoms with E-state index < -0.39 is 0 Å². The molecule has 33 heavy (non-hydrogen) atoms. The smallest absolute Gasteiger partial charge is 0.263 e. The summed E-state index contributed by atoms with van der Waals surface area (Å²) in [6.07, 6.45) is 6.99. The molecule has 1 N–H and O–H groups in total. The number of nitrogens with zero attached hydrogens (tertiary/aromatic N) is 2. The van der Waals surface area contributed by atoms with Gasteiger partial charge in [0.1, 0.15) is 10.6 Å². The summed E-state index contributed by atoms with van der Waals surface area (Å²) in [5.41, 5.74) is 2.30. The molecule has 1 atom stereocenters. The SMILES string of the molecule is CCCCCn1c(SCC(=O)NC2CCOc3ccccc32)nc2sc3c(c2c1=O)CCC3. The number of carbonyl (C=O) groups excluding carboxylic acids is 1. The summed E-state index contributed by atoms with van der Waals surface area (Å²) < 4.78 is 7.51. The molecule has 0 saturated heterocycles. The zero-order valence-corrected chi connectivity index (χ0v) is 20.5. The van der Waals surface area contributed by atoms with Gasteiger partial charge in [0, 0.05) is 23.4 Å². The van der Waals surface area contributed by atoms with Crippen molar-refractivity contribution in [3.8, 4) is 5.75 Å². The van der Waals surface area contributed by atoms with Crippen LogP contribution in [0.5, 0.6) is 5.75 Å². The van der Waals surface area contributed by atoms with E-state index in [-0.39, 0.29) is 23.3 Å². The van der Waals surface area contributed by atoms with Crippen molar-refractivity contribution in [2.45, 2.75) is 69.6 Å². The molecule has 1 aromatic carbocycles. The number of amides is 1. The van der Waals surface area contributed by atoms with Crippen LogP contribution in [0.1, 0.15) is 61.1 Å². The van der Waals surface area contributed by atoms with Crippen LogP contribution in [0.15, 0.2) is 34.2 Å². The van der Waals surface area contributed by atoms with Crippen molar-refractivity contribution in [3.05, 3.63) is 50.6 Å². The van der Waals surface area contributed by atoms with Crippen LogP contribution in [0.4, 0.5) is 0 Å². The minimum Gasteiger partial charge on any atom is -0.493 e. The van der Waals surface area contributed by atoms with Crippen LogP contribution in [-0.4, -0.2) is 27.8 Å². The van der Waals surface area contributed by atoms with Crippen molar-refractivity contribution in [3.63, 3.8) is 0 Å². The molecular weight excluding hydrogens is 454 g/mol. The zero-order valence-electron chi connectivity index (χ0n) is 18.9. The number of para-hydroxylation sites is 1.